The van der Waals surface area contributed by atoms with Crippen molar-refractivity contribution in [2.75, 3.05) is 26.4 Å². The minimum absolute atomic E-state index is 0.0785. The van der Waals surface area contributed by atoms with Crippen LogP contribution in [-0.2, 0) is 9.53 Å². The number of nitro groups is 1. The lowest BCUT2D eigenvalue weighted by atomic mass is 10.0. The van der Waals surface area contributed by atoms with Gasteiger partial charge in [-0.3, -0.25) is 14.9 Å². The molecular weight excluding hydrogens is 380 g/mol. The van der Waals surface area contributed by atoms with E-state index in [0.717, 1.165) is 11.6 Å². The van der Waals surface area contributed by atoms with E-state index in [0.29, 0.717) is 6.54 Å². The average Bonchev–Trinajstić information content (AvgIpc) is 2.75. The van der Waals surface area contributed by atoms with E-state index in [9.17, 15) is 19.7 Å². The Hall–Kier alpha value is -3.62. The molecule has 0 radical (unpaired) electrons. The molecule has 0 bridgehead atoms. The molecule has 0 aromatic heterocycles. The summed E-state index contributed by atoms with van der Waals surface area (Å²) in [6.07, 6.45) is 0. The van der Waals surface area contributed by atoms with Gasteiger partial charge in [0.25, 0.3) is 11.6 Å². The number of esters is 1. The number of hydrogen-bond acceptors (Lipinski definition) is 7. The molecule has 0 saturated heterocycles. The van der Waals surface area contributed by atoms with Gasteiger partial charge in [0.1, 0.15) is 18.8 Å². The summed E-state index contributed by atoms with van der Waals surface area (Å²) >= 11 is 0. The number of hydrogen-bond donors (Lipinski definition) is 1. The minimum Gasteiger partial charge on any atom is -0.486 e. The molecule has 9 heteroatoms. The van der Waals surface area contributed by atoms with Gasteiger partial charge in [0, 0.05) is 12.6 Å². The lowest BCUT2D eigenvalue weighted by Crippen LogP contribution is -2.31. The van der Waals surface area contributed by atoms with Gasteiger partial charge in [0.05, 0.1) is 11.0 Å². The van der Waals surface area contributed by atoms with Gasteiger partial charge in [0.2, 0.25) is 0 Å². The zero-order valence-electron chi connectivity index (χ0n) is 15.8. The summed E-state index contributed by atoms with van der Waals surface area (Å²) in [5.74, 6) is -1.00. The Morgan fingerprint density at radius 3 is 2.48 bits per heavy atom. The molecule has 29 heavy (non-hydrogen) atoms. The van der Waals surface area contributed by atoms with Crippen LogP contribution in [0.3, 0.4) is 0 Å². The van der Waals surface area contributed by atoms with Crippen molar-refractivity contribution in [3.63, 3.8) is 0 Å². The molecule has 0 saturated carbocycles. The van der Waals surface area contributed by atoms with Crippen molar-refractivity contribution < 1.29 is 28.7 Å². The molecule has 3 rings (SSSR count). The zero-order chi connectivity index (χ0) is 20.8. The molecule has 0 unspecified atom stereocenters. The average molecular weight is 400 g/mol. The second-order valence-electron chi connectivity index (χ2n) is 6.46. The van der Waals surface area contributed by atoms with Crippen LogP contribution in [0.4, 0.5) is 5.69 Å². The topological polar surface area (TPSA) is 117 Å². The van der Waals surface area contributed by atoms with E-state index in [1.54, 1.807) is 0 Å². The fraction of sp³-hybridized carbons (Fsp3) is 0.300. The van der Waals surface area contributed by atoms with E-state index >= 15 is 0 Å². The van der Waals surface area contributed by atoms with Crippen LogP contribution in [0, 0.1) is 10.1 Å². The van der Waals surface area contributed by atoms with E-state index in [-0.39, 0.29) is 36.2 Å². The van der Waals surface area contributed by atoms with Crippen molar-refractivity contribution in [1.82, 2.24) is 5.32 Å². The van der Waals surface area contributed by atoms with Gasteiger partial charge in [-0.15, -0.1) is 0 Å². The van der Waals surface area contributed by atoms with Crippen LogP contribution < -0.4 is 14.8 Å². The van der Waals surface area contributed by atoms with E-state index in [1.165, 1.54) is 6.07 Å². The maximum absolute atomic E-state index is 12.3. The van der Waals surface area contributed by atoms with Gasteiger partial charge in [-0.1, -0.05) is 37.3 Å². The number of nitrogens with one attached hydrogen (secondary N) is 1. The number of rotatable bonds is 7. The first kappa shape index (κ1) is 20.1. The minimum atomic E-state index is -0.986. The molecule has 152 valence electrons. The van der Waals surface area contributed by atoms with E-state index in [1.807, 2.05) is 37.3 Å². The summed E-state index contributed by atoms with van der Waals surface area (Å²) in [6, 6.07) is 12.0. The number of amides is 1. The standard InChI is InChI=1S/C20H20N2O7/c1-13(14-5-3-2-4-6-14)11-21-19(23)12-29-20(24)15-9-17-18(28-8-7-27-17)10-16(15)22(25)26/h2-6,9-10,13H,7-8,11-12H2,1H3,(H,21,23)/t13-/m0/s1. The molecule has 0 spiro atoms. The van der Waals surface area contributed by atoms with Crippen molar-refractivity contribution in [1.29, 1.82) is 0 Å². The second kappa shape index (κ2) is 9.05. The Morgan fingerprint density at radius 1 is 1.17 bits per heavy atom. The molecule has 1 heterocycles. The van der Waals surface area contributed by atoms with Gasteiger partial charge < -0.3 is 19.5 Å². The summed E-state index contributed by atoms with van der Waals surface area (Å²) < 4.78 is 15.6. The van der Waals surface area contributed by atoms with Crippen LogP contribution >= 0.6 is 0 Å². The number of fused-ring (bicyclic) bond motifs is 1. The summed E-state index contributed by atoms with van der Waals surface area (Å²) in [5, 5.41) is 14.0. The summed E-state index contributed by atoms with van der Waals surface area (Å²) in [5.41, 5.74) is 0.291. The van der Waals surface area contributed by atoms with Crippen molar-refractivity contribution in [3.05, 3.63) is 63.7 Å². The third-order valence-corrected chi connectivity index (χ3v) is 4.39. The fourth-order valence-corrected chi connectivity index (χ4v) is 2.82. The van der Waals surface area contributed by atoms with Crippen molar-refractivity contribution >= 4 is 17.6 Å². The number of nitrogens with zero attached hydrogens (tertiary/aromatic N) is 1. The van der Waals surface area contributed by atoms with Crippen LogP contribution in [0.1, 0.15) is 28.8 Å². The number of carbonyl (C=O) groups excluding carboxylic acids is 2. The van der Waals surface area contributed by atoms with Gasteiger partial charge in [-0.2, -0.15) is 0 Å². The van der Waals surface area contributed by atoms with Crippen molar-refractivity contribution in [2.45, 2.75) is 12.8 Å². The smallest absolute Gasteiger partial charge is 0.345 e. The van der Waals surface area contributed by atoms with Gasteiger partial charge in [0.15, 0.2) is 18.1 Å². The van der Waals surface area contributed by atoms with Crippen LogP contribution in [-0.4, -0.2) is 43.2 Å². The highest BCUT2D eigenvalue weighted by molar-refractivity contribution is 5.96. The molecule has 2 aromatic carbocycles. The number of ether oxygens (including phenoxy) is 3. The third-order valence-electron chi connectivity index (χ3n) is 4.39. The van der Waals surface area contributed by atoms with Gasteiger partial charge >= 0.3 is 5.97 Å². The molecule has 1 aliphatic rings. The number of benzene rings is 2. The molecule has 0 fully saturated rings. The molecule has 2 aromatic rings. The number of nitro benzene ring substituents is 1. The Bertz CT molecular complexity index is 915. The first-order chi connectivity index (χ1) is 14.0. The largest absolute Gasteiger partial charge is 0.486 e. The van der Waals surface area contributed by atoms with Crippen molar-refractivity contribution in [2.24, 2.45) is 0 Å². The highest BCUT2D eigenvalue weighted by Gasteiger charge is 2.27. The highest BCUT2D eigenvalue weighted by atomic mass is 16.6. The highest BCUT2D eigenvalue weighted by Crippen LogP contribution is 2.36. The maximum atomic E-state index is 12.3. The predicted octanol–water partition coefficient (Wildman–Crippen LogP) is 2.44. The SMILES string of the molecule is C[C@@H](CNC(=O)COC(=O)c1cc2c(cc1[N+](=O)[O-])OCCO2)c1ccccc1. The van der Waals surface area contributed by atoms with E-state index in [2.05, 4.69) is 5.32 Å². The summed E-state index contributed by atoms with van der Waals surface area (Å²) in [4.78, 5) is 34.9. The Morgan fingerprint density at radius 2 is 1.83 bits per heavy atom. The Labute approximate surface area is 166 Å². The second-order valence-corrected chi connectivity index (χ2v) is 6.46. The predicted molar refractivity (Wildman–Crippen MR) is 102 cm³/mol. The quantitative estimate of drug-likeness (QED) is 0.431. The van der Waals surface area contributed by atoms with Crippen LogP contribution in [0.5, 0.6) is 11.5 Å². The van der Waals surface area contributed by atoms with Crippen LogP contribution in [0.25, 0.3) is 0 Å². The summed E-state index contributed by atoms with van der Waals surface area (Å²) in [6.45, 7) is 2.30. The fourth-order valence-electron chi connectivity index (χ4n) is 2.82. The van der Waals surface area contributed by atoms with Crippen LogP contribution in [0.2, 0.25) is 0 Å². The first-order valence-electron chi connectivity index (χ1n) is 9.02. The third kappa shape index (κ3) is 5.01. The first-order valence-corrected chi connectivity index (χ1v) is 9.02. The molecule has 1 N–H and O–H groups in total. The molecule has 0 aliphatic carbocycles. The molecule has 1 aliphatic heterocycles. The lowest BCUT2D eigenvalue weighted by molar-refractivity contribution is -0.385. The Balaban J connectivity index is 1.59. The molecule has 1 amide bonds. The molecular formula is C20H20N2O7. The van der Waals surface area contributed by atoms with Gasteiger partial charge in [-0.05, 0) is 11.5 Å². The Kier molecular flexibility index (Phi) is 6.28. The maximum Gasteiger partial charge on any atom is 0.345 e. The zero-order valence-corrected chi connectivity index (χ0v) is 15.8. The van der Waals surface area contributed by atoms with Crippen molar-refractivity contribution in [3.8, 4) is 11.5 Å². The normalized spacial score (nSPS) is 13.3. The van der Waals surface area contributed by atoms with Crippen LogP contribution in [0.15, 0.2) is 42.5 Å². The lowest BCUT2D eigenvalue weighted by Gasteiger charge is -2.18. The van der Waals surface area contributed by atoms with E-state index < -0.39 is 29.1 Å². The van der Waals surface area contributed by atoms with E-state index in [4.69, 9.17) is 14.2 Å². The monoisotopic (exact) mass is 400 g/mol. The molecule has 1 atom stereocenters. The molecule has 9 nitrogen and oxygen atoms in total. The van der Waals surface area contributed by atoms with Gasteiger partial charge in [-0.25, -0.2) is 4.79 Å². The number of carbonyl (C=O) groups is 2. The summed E-state index contributed by atoms with van der Waals surface area (Å²) in [7, 11) is 0.